The van der Waals surface area contributed by atoms with E-state index in [1.807, 2.05) is 0 Å². The van der Waals surface area contributed by atoms with Gasteiger partial charge in [-0.2, -0.15) is 0 Å². The molecule has 0 atom stereocenters. The standard InChI is InChI=1S/C13H12N2O3S/c1-2-18-13(17)11-9-19-7-6-15(11)12(16)10-4-3-5-14-8-10/h3-9H,2H2,1H3. The Labute approximate surface area is 115 Å². The highest BCUT2D eigenvalue weighted by Crippen LogP contribution is 2.23. The van der Waals surface area contributed by atoms with Crippen molar-refractivity contribution in [2.45, 2.75) is 6.92 Å². The summed E-state index contributed by atoms with van der Waals surface area (Å²) in [5, 5.41) is 3.31. The average molecular weight is 276 g/mol. The molecular weight excluding hydrogens is 264 g/mol. The molecule has 0 saturated carbocycles. The molecule has 1 aliphatic heterocycles. The van der Waals surface area contributed by atoms with Crippen LogP contribution in [0.15, 0.2) is 47.2 Å². The fourth-order valence-electron chi connectivity index (χ4n) is 1.49. The summed E-state index contributed by atoms with van der Waals surface area (Å²) in [7, 11) is 0. The van der Waals surface area contributed by atoms with Gasteiger partial charge in [0.1, 0.15) is 5.70 Å². The summed E-state index contributed by atoms with van der Waals surface area (Å²) in [5.41, 5.74) is 0.623. The van der Waals surface area contributed by atoms with Crippen molar-refractivity contribution in [1.29, 1.82) is 0 Å². The number of carbonyl (C=O) groups is 2. The van der Waals surface area contributed by atoms with Crippen LogP contribution in [0.1, 0.15) is 17.3 Å². The van der Waals surface area contributed by atoms with Gasteiger partial charge in [0.05, 0.1) is 12.2 Å². The zero-order valence-corrected chi connectivity index (χ0v) is 11.1. The van der Waals surface area contributed by atoms with Crippen molar-refractivity contribution < 1.29 is 14.3 Å². The predicted molar refractivity (Wildman–Crippen MR) is 71.9 cm³/mol. The number of rotatable bonds is 3. The lowest BCUT2D eigenvalue weighted by molar-refractivity contribution is -0.139. The molecule has 0 N–H and O–H groups in total. The summed E-state index contributed by atoms with van der Waals surface area (Å²) >= 11 is 1.32. The first-order valence-electron chi connectivity index (χ1n) is 5.67. The first-order chi connectivity index (χ1) is 9.24. The van der Waals surface area contributed by atoms with Gasteiger partial charge in [-0.15, -0.1) is 11.8 Å². The molecule has 2 heterocycles. The van der Waals surface area contributed by atoms with E-state index >= 15 is 0 Å². The van der Waals surface area contributed by atoms with Gasteiger partial charge in [-0.1, -0.05) is 0 Å². The molecule has 0 aliphatic carbocycles. The number of hydrogen-bond donors (Lipinski definition) is 0. The van der Waals surface area contributed by atoms with Gasteiger partial charge in [0.25, 0.3) is 5.91 Å². The quantitative estimate of drug-likeness (QED) is 0.792. The highest BCUT2D eigenvalue weighted by Gasteiger charge is 2.25. The van der Waals surface area contributed by atoms with Crippen molar-refractivity contribution in [2.75, 3.05) is 6.61 Å². The normalized spacial score (nSPS) is 13.9. The van der Waals surface area contributed by atoms with Crippen LogP contribution in [0.4, 0.5) is 0 Å². The lowest BCUT2D eigenvalue weighted by Gasteiger charge is -2.22. The molecule has 0 bridgehead atoms. The average Bonchev–Trinajstić information content (AvgIpc) is 2.47. The van der Waals surface area contributed by atoms with Gasteiger partial charge in [-0.3, -0.25) is 14.7 Å². The number of pyridine rings is 1. The molecule has 1 aliphatic rings. The minimum Gasteiger partial charge on any atom is -0.461 e. The molecule has 0 radical (unpaired) electrons. The molecule has 0 unspecified atom stereocenters. The molecule has 0 aromatic carbocycles. The molecule has 0 spiro atoms. The molecule has 1 aromatic rings. The Morgan fingerprint density at radius 3 is 3.00 bits per heavy atom. The Bertz CT molecular complexity index is 540. The molecule has 0 fully saturated rings. The Morgan fingerprint density at radius 1 is 1.47 bits per heavy atom. The van der Waals surface area contributed by atoms with Crippen LogP contribution < -0.4 is 0 Å². The summed E-state index contributed by atoms with van der Waals surface area (Å²) in [4.78, 5) is 29.3. The third-order valence-corrected chi connectivity index (χ3v) is 2.98. The second-order valence-corrected chi connectivity index (χ2v) is 4.34. The van der Waals surface area contributed by atoms with Crippen molar-refractivity contribution in [2.24, 2.45) is 0 Å². The molecule has 98 valence electrons. The van der Waals surface area contributed by atoms with Crippen molar-refractivity contribution in [3.8, 4) is 0 Å². The molecule has 0 saturated heterocycles. The molecule has 2 rings (SSSR count). The zero-order chi connectivity index (χ0) is 13.7. The van der Waals surface area contributed by atoms with E-state index in [1.165, 1.54) is 22.9 Å². The number of ether oxygens (including phenoxy) is 1. The monoisotopic (exact) mass is 276 g/mol. The molecule has 6 heteroatoms. The fraction of sp³-hybridized carbons (Fsp3) is 0.154. The Kier molecular flexibility index (Phi) is 4.35. The van der Waals surface area contributed by atoms with E-state index in [9.17, 15) is 9.59 Å². The van der Waals surface area contributed by atoms with Crippen LogP contribution in [-0.2, 0) is 9.53 Å². The van der Waals surface area contributed by atoms with Crippen molar-refractivity contribution in [3.05, 3.63) is 52.8 Å². The number of esters is 1. The van der Waals surface area contributed by atoms with E-state index in [2.05, 4.69) is 4.98 Å². The number of aromatic nitrogens is 1. The maximum Gasteiger partial charge on any atom is 0.355 e. The predicted octanol–water partition coefficient (Wildman–Crippen LogP) is 2.15. The van der Waals surface area contributed by atoms with Gasteiger partial charge in [0, 0.05) is 24.0 Å². The summed E-state index contributed by atoms with van der Waals surface area (Å²) in [5.74, 6) is -0.833. The van der Waals surface area contributed by atoms with Crippen molar-refractivity contribution in [1.82, 2.24) is 9.88 Å². The van der Waals surface area contributed by atoms with Crippen LogP contribution in [0.25, 0.3) is 0 Å². The zero-order valence-electron chi connectivity index (χ0n) is 10.3. The fourth-order valence-corrected chi connectivity index (χ4v) is 2.10. The van der Waals surface area contributed by atoms with E-state index < -0.39 is 5.97 Å². The smallest absolute Gasteiger partial charge is 0.355 e. The molecule has 1 aromatic heterocycles. The Balaban J connectivity index is 2.24. The first kappa shape index (κ1) is 13.4. The largest absolute Gasteiger partial charge is 0.461 e. The lowest BCUT2D eigenvalue weighted by Crippen LogP contribution is -2.31. The SMILES string of the molecule is CCOC(=O)C1=CSC=CN1C(=O)c1cccnc1. The topological polar surface area (TPSA) is 59.5 Å². The van der Waals surface area contributed by atoms with Crippen LogP contribution in [0, 0.1) is 0 Å². The van der Waals surface area contributed by atoms with Crippen LogP contribution >= 0.6 is 11.8 Å². The molecular formula is C13H12N2O3S. The molecule has 1 amide bonds. The summed E-state index contributed by atoms with van der Waals surface area (Å²) < 4.78 is 4.93. The van der Waals surface area contributed by atoms with Gasteiger partial charge < -0.3 is 4.74 Å². The highest BCUT2D eigenvalue weighted by molar-refractivity contribution is 8.05. The molecule has 19 heavy (non-hydrogen) atoms. The Morgan fingerprint density at radius 2 is 2.32 bits per heavy atom. The van der Waals surface area contributed by atoms with E-state index in [0.29, 0.717) is 5.56 Å². The van der Waals surface area contributed by atoms with E-state index in [-0.39, 0.29) is 18.2 Å². The summed E-state index contributed by atoms with van der Waals surface area (Å²) in [6.45, 7) is 1.98. The second-order valence-electron chi connectivity index (χ2n) is 3.56. The van der Waals surface area contributed by atoms with Gasteiger partial charge >= 0.3 is 5.97 Å². The Hall–Kier alpha value is -2.08. The lowest BCUT2D eigenvalue weighted by atomic mass is 10.2. The third kappa shape index (κ3) is 3.03. The minimum absolute atomic E-state index is 0.211. The number of amides is 1. The first-order valence-corrected chi connectivity index (χ1v) is 6.61. The maximum absolute atomic E-state index is 12.3. The van der Waals surface area contributed by atoms with Crippen molar-refractivity contribution in [3.63, 3.8) is 0 Å². The van der Waals surface area contributed by atoms with Gasteiger partial charge in [-0.05, 0) is 24.5 Å². The van der Waals surface area contributed by atoms with Crippen LogP contribution in [0.2, 0.25) is 0 Å². The highest BCUT2D eigenvalue weighted by atomic mass is 32.2. The van der Waals surface area contributed by atoms with Crippen LogP contribution in [0.3, 0.4) is 0 Å². The van der Waals surface area contributed by atoms with Crippen LogP contribution in [-0.4, -0.2) is 28.4 Å². The number of hydrogen-bond acceptors (Lipinski definition) is 5. The van der Waals surface area contributed by atoms with E-state index in [0.717, 1.165) is 0 Å². The summed E-state index contributed by atoms with van der Waals surface area (Å²) in [6.07, 6.45) is 4.59. The molecule has 5 nitrogen and oxygen atoms in total. The van der Waals surface area contributed by atoms with Crippen molar-refractivity contribution >= 4 is 23.6 Å². The van der Waals surface area contributed by atoms with E-state index in [1.54, 1.807) is 42.3 Å². The number of nitrogens with zero attached hydrogens (tertiary/aromatic N) is 2. The van der Waals surface area contributed by atoms with Crippen LogP contribution in [0.5, 0.6) is 0 Å². The van der Waals surface area contributed by atoms with Gasteiger partial charge in [0.15, 0.2) is 0 Å². The maximum atomic E-state index is 12.3. The third-order valence-electron chi connectivity index (χ3n) is 2.34. The number of thioether (sulfide) groups is 1. The van der Waals surface area contributed by atoms with Gasteiger partial charge in [0.2, 0.25) is 0 Å². The minimum atomic E-state index is -0.517. The van der Waals surface area contributed by atoms with E-state index in [4.69, 9.17) is 4.74 Å². The van der Waals surface area contributed by atoms with Gasteiger partial charge in [-0.25, -0.2) is 4.79 Å². The second kappa shape index (κ2) is 6.19. The number of carbonyl (C=O) groups excluding carboxylic acids is 2. The summed E-state index contributed by atoms with van der Waals surface area (Å²) in [6, 6.07) is 3.32.